The van der Waals surface area contributed by atoms with Gasteiger partial charge in [0.15, 0.2) is 0 Å². The van der Waals surface area contributed by atoms with Gasteiger partial charge in [-0.2, -0.15) is 0 Å². The summed E-state index contributed by atoms with van der Waals surface area (Å²) in [6.07, 6.45) is 0. The van der Waals surface area contributed by atoms with Gasteiger partial charge in [0.05, 0.1) is 11.4 Å². The molecule has 208 valence electrons. The molecule has 1 heterocycles. The first kappa shape index (κ1) is 28.4. The molecule has 2 nitrogen and oxygen atoms in total. The quantitative estimate of drug-likeness (QED) is 0.246. The first-order valence-corrected chi connectivity index (χ1v) is 14.5. The molecule has 5 aromatic rings. The third kappa shape index (κ3) is 5.84. The van der Waals surface area contributed by atoms with Crippen molar-refractivity contribution in [1.29, 1.82) is 0 Å². The monoisotopic (exact) mass is 539 g/mol. The smallest absolute Gasteiger partial charge is 0.127 e. The molecule has 0 saturated carbocycles. The molecule has 4 aromatic carbocycles. The molecule has 0 atom stereocenters. The molecule has 0 radical (unpaired) electrons. The molecule has 1 N–H and O–H groups in total. The highest BCUT2D eigenvalue weighted by Gasteiger charge is 2.23. The second-order valence-electron chi connectivity index (χ2n) is 13.3. The molecule has 0 bridgehead atoms. The van der Waals surface area contributed by atoms with Gasteiger partial charge in [-0.3, -0.25) is 0 Å². The minimum Gasteiger partial charge on any atom is -0.507 e. The predicted octanol–water partition coefficient (Wildman–Crippen LogP) is 10.7. The van der Waals surface area contributed by atoms with Crippen molar-refractivity contribution < 1.29 is 5.11 Å². The van der Waals surface area contributed by atoms with Crippen LogP contribution in [-0.2, 0) is 10.8 Å². The molecule has 0 saturated heterocycles. The van der Waals surface area contributed by atoms with E-state index < -0.39 is 0 Å². The lowest BCUT2D eigenvalue weighted by molar-refractivity contribution is 0.448. The lowest BCUT2D eigenvalue weighted by Gasteiger charge is -2.23. The van der Waals surface area contributed by atoms with E-state index in [1.54, 1.807) is 0 Å². The van der Waals surface area contributed by atoms with E-state index in [2.05, 4.69) is 140 Å². The van der Waals surface area contributed by atoms with E-state index in [1.165, 1.54) is 22.3 Å². The lowest BCUT2D eigenvalue weighted by Crippen LogP contribution is -2.12. The maximum atomic E-state index is 11.5. The summed E-state index contributed by atoms with van der Waals surface area (Å²) >= 11 is 0. The number of nitrogens with zero attached hydrogens (tertiary/aromatic N) is 1. The van der Waals surface area contributed by atoms with E-state index in [0.717, 1.165) is 44.8 Å². The molecule has 0 amide bonds. The van der Waals surface area contributed by atoms with E-state index in [1.807, 2.05) is 12.1 Å². The second kappa shape index (κ2) is 10.7. The van der Waals surface area contributed by atoms with Crippen LogP contribution in [0, 0.1) is 13.8 Å². The van der Waals surface area contributed by atoms with Crippen LogP contribution in [0.4, 0.5) is 0 Å². The molecule has 2 heteroatoms. The van der Waals surface area contributed by atoms with E-state index in [4.69, 9.17) is 4.98 Å². The van der Waals surface area contributed by atoms with E-state index in [9.17, 15) is 5.11 Å². The Morgan fingerprint density at radius 1 is 0.512 bits per heavy atom. The number of hydrogen-bond donors (Lipinski definition) is 1. The van der Waals surface area contributed by atoms with Crippen LogP contribution >= 0.6 is 0 Å². The molecule has 41 heavy (non-hydrogen) atoms. The summed E-state index contributed by atoms with van der Waals surface area (Å²) in [6.45, 7) is 17.5. The average Bonchev–Trinajstić information content (AvgIpc) is 2.93. The van der Waals surface area contributed by atoms with Gasteiger partial charge in [-0.05, 0) is 70.7 Å². The van der Waals surface area contributed by atoms with E-state index in [-0.39, 0.29) is 10.8 Å². The standard InChI is InChI=1S/C39H41NO/c1-25-20-27(24-28(21-25)38(3,4)5)29-14-9-11-16-31(29)35-18-13-19-36(40-35)32-17-12-10-15-30(32)33-22-26(2)23-34(37(33)41)39(6,7)8/h9-24,41H,1-8H3. The Hall–Kier alpha value is -4.17. The number of pyridine rings is 1. The van der Waals surface area contributed by atoms with Crippen LogP contribution in [0.5, 0.6) is 5.75 Å². The SMILES string of the molecule is Cc1cc(-c2ccccc2-c2cccc(-c3ccccc3-c3cc(C)cc(C(C)(C)C)c3O)n2)cc(C(C)(C)C)c1. The molecule has 5 rings (SSSR count). The van der Waals surface area contributed by atoms with Crippen molar-refractivity contribution in [2.45, 2.75) is 66.2 Å². The highest BCUT2D eigenvalue weighted by atomic mass is 16.3. The number of aromatic hydroxyl groups is 1. The number of hydrogen-bond acceptors (Lipinski definition) is 2. The normalized spacial score (nSPS) is 12.0. The predicted molar refractivity (Wildman–Crippen MR) is 175 cm³/mol. The highest BCUT2D eigenvalue weighted by molar-refractivity contribution is 5.88. The maximum absolute atomic E-state index is 11.5. The van der Waals surface area contributed by atoms with Crippen molar-refractivity contribution in [3.05, 3.63) is 119 Å². The zero-order valence-electron chi connectivity index (χ0n) is 25.6. The molecular formula is C39H41NO. The van der Waals surface area contributed by atoms with Crippen LogP contribution in [0.2, 0.25) is 0 Å². The molecule has 0 spiro atoms. The van der Waals surface area contributed by atoms with Gasteiger partial charge in [-0.25, -0.2) is 4.98 Å². The van der Waals surface area contributed by atoms with Gasteiger partial charge in [0.2, 0.25) is 0 Å². The van der Waals surface area contributed by atoms with Crippen molar-refractivity contribution in [3.63, 3.8) is 0 Å². The summed E-state index contributed by atoms with van der Waals surface area (Å²) in [4.78, 5) is 5.22. The summed E-state index contributed by atoms with van der Waals surface area (Å²) in [5.41, 5.74) is 12.6. The summed E-state index contributed by atoms with van der Waals surface area (Å²) in [5, 5.41) is 11.5. The Labute approximate surface area is 245 Å². The molecule has 0 unspecified atom stereocenters. The number of benzene rings is 4. The Bertz CT molecular complexity index is 1730. The fraction of sp³-hybridized carbons (Fsp3) is 0.256. The Kier molecular flexibility index (Phi) is 7.38. The van der Waals surface area contributed by atoms with Gasteiger partial charge in [-0.15, -0.1) is 0 Å². The van der Waals surface area contributed by atoms with Crippen molar-refractivity contribution in [1.82, 2.24) is 4.98 Å². The summed E-state index contributed by atoms with van der Waals surface area (Å²) in [6, 6.07) is 34.1. The topological polar surface area (TPSA) is 33.1 Å². The van der Waals surface area contributed by atoms with Gasteiger partial charge in [-0.1, -0.05) is 126 Å². The van der Waals surface area contributed by atoms with Crippen LogP contribution in [-0.4, -0.2) is 10.1 Å². The average molecular weight is 540 g/mol. The van der Waals surface area contributed by atoms with Gasteiger partial charge in [0.1, 0.15) is 5.75 Å². The van der Waals surface area contributed by atoms with Crippen LogP contribution in [0.25, 0.3) is 44.8 Å². The maximum Gasteiger partial charge on any atom is 0.127 e. The molecular weight excluding hydrogens is 498 g/mol. The third-order valence-electron chi connectivity index (χ3n) is 7.76. The molecule has 0 aliphatic heterocycles. The minimum absolute atomic E-state index is 0.0613. The third-order valence-corrected chi connectivity index (χ3v) is 7.76. The number of aryl methyl sites for hydroxylation is 2. The Morgan fingerprint density at radius 2 is 1.05 bits per heavy atom. The number of rotatable bonds is 4. The first-order valence-electron chi connectivity index (χ1n) is 14.5. The number of aromatic nitrogens is 1. The zero-order chi connectivity index (χ0) is 29.5. The van der Waals surface area contributed by atoms with Gasteiger partial charge in [0.25, 0.3) is 0 Å². The fourth-order valence-electron chi connectivity index (χ4n) is 5.56. The fourth-order valence-corrected chi connectivity index (χ4v) is 5.56. The van der Waals surface area contributed by atoms with Gasteiger partial charge in [0, 0.05) is 22.3 Å². The van der Waals surface area contributed by atoms with Gasteiger partial charge < -0.3 is 5.11 Å². The van der Waals surface area contributed by atoms with Crippen LogP contribution in [0.3, 0.4) is 0 Å². The summed E-state index contributed by atoms with van der Waals surface area (Å²) in [5.74, 6) is 0.339. The zero-order valence-corrected chi connectivity index (χ0v) is 25.6. The first-order chi connectivity index (χ1) is 19.3. The Balaban J connectivity index is 1.66. The van der Waals surface area contributed by atoms with Crippen molar-refractivity contribution in [2.75, 3.05) is 0 Å². The Morgan fingerprint density at radius 3 is 1.63 bits per heavy atom. The molecule has 0 fully saturated rings. The van der Waals surface area contributed by atoms with Crippen molar-refractivity contribution in [2.24, 2.45) is 0 Å². The lowest BCUT2D eigenvalue weighted by atomic mass is 9.82. The van der Waals surface area contributed by atoms with E-state index >= 15 is 0 Å². The second-order valence-corrected chi connectivity index (χ2v) is 13.3. The van der Waals surface area contributed by atoms with Crippen LogP contribution in [0.1, 0.15) is 63.8 Å². The van der Waals surface area contributed by atoms with Gasteiger partial charge >= 0.3 is 0 Å². The highest BCUT2D eigenvalue weighted by Crippen LogP contribution is 2.43. The largest absolute Gasteiger partial charge is 0.507 e. The number of phenols is 1. The van der Waals surface area contributed by atoms with Crippen molar-refractivity contribution >= 4 is 0 Å². The molecule has 0 aliphatic rings. The van der Waals surface area contributed by atoms with E-state index in [0.29, 0.717) is 5.75 Å². The van der Waals surface area contributed by atoms with Crippen molar-refractivity contribution in [3.8, 4) is 50.5 Å². The van der Waals surface area contributed by atoms with Crippen LogP contribution in [0.15, 0.2) is 97.1 Å². The number of phenolic OH excluding ortho intramolecular Hbond substituents is 1. The molecule has 1 aromatic heterocycles. The van der Waals surface area contributed by atoms with Crippen LogP contribution < -0.4 is 0 Å². The summed E-state index contributed by atoms with van der Waals surface area (Å²) < 4.78 is 0. The summed E-state index contributed by atoms with van der Waals surface area (Å²) in [7, 11) is 0. The molecule has 0 aliphatic carbocycles. The minimum atomic E-state index is -0.176.